The summed E-state index contributed by atoms with van der Waals surface area (Å²) in [6.07, 6.45) is 3.59. The van der Waals surface area contributed by atoms with Crippen LogP contribution in [0.2, 0.25) is 0 Å². The highest BCUT2D eigenvalue weighted by atomic mass is 16.5. The van der Waals surface area contributed by atoms with Gasteiger partial charge in [-0.1, -0.05) is 42.5 Å². The topological polar surface area (TPSA) is 55.8 Å². The molecule has 0 spiro atoms. The van der Waals surface area contributed by atoms with Gasteiger partial charge in [0.25, 0.3) is 0 Å². The summed E-state index contributed by atoms with van der Waals surface area (Å²) in [5, 5.41) is 9.38. The molecule has 0 saturated heterocycles. The number of rotatable bonds is 5. The van der Waals surface area contributed by atoms with Crippen LogP contribution in [-0.2, 0) is 0 Å². The highest BCUT2D eigenvalue weighted by molar-refractivity contribution is 5.97. The lowest BCUT2D eigenvalue weighted by atomic mass is 10.0. The molecule has 0 aliphatic rings. The molecular formula is C17H16O4. The van der Waals surface area contributed by atoms with Crippen molar-refractivity contribution in [2.45, 2.75) is 0 Å². The number of aromatic carboxylic acids is 1. The summed E-state index contributed by atoms with van der Waals surface area (Å²) in [4.78, 5) is 11.5. The molecule has 0 radical (unpaired) electrons. The van der Waals surface area contributed by atoms with E-state index in [1.54, 1.807) is 18.2 Å². The van der Waals surface area contributed by atoms with Gasteiger partial charge in [-0.15, -0.1) is 0 Å². The van der Waals surface area contributed by atoms with Crippen LogP contribution in [-0.4, -0.2) is 25.3 Å². The largest absolute Gasteiger partial charge is 0.497 e. The number of carboxylic acid groups (broad SMARTS) is 1. The van der Waals surface area contributed by atoms with Gasteiger partial charge >= 0.3 is 5.97 Å². The molecule has 2 aromatic rings. The molecular weight excluding hydrogens is 268 g/mol. The molecule has 4 heteroatoms. The lowest BCUT2D eigenvalue weighted by Crippen LogP contribution is -2.04. The second-order valence-electron chi connectivity index (χ2n) is 4.34. The fourth-order valence-corrected chi connectivity index (χ4v) is 2.00. The molecule has 2 rings (SSSR count). The molecule has 0 bridgehead atoms. The predicted octanol–water partition coefficient (Wildman–Crippen LogP) is 3.57. The predicted molar refractivity (Wildman–Crippen MR) is 81.9 cm³/mol. The molecule has 0 heterocycles. The maximum absolute atomic E-state index is 11.5. The first kappa shape index (κ1) is 14.7. The fourth-order valence-electron chi connectivity index (χ4n) is 2.00. The van der Waals surface area contributed by atoms with Crippen LogP contribution in [0.25, 0.3) is 12.2 Å². The van der Waals surface area contributed by atoms with E-state index in [-0.39, 0.29) is 11.3 Å². The van der Waals surface area contributed by atoms with Crippen LogP contribution in [0.1, 0.15) is 21.5 Å². The lowest BCUT2D eigenvalue weighted by molar-refractivity contribution is 0.0693. The van der Waals surface area contributed by atoms with Crippen LogP contribution in [0, 0.1) is 0 Å². The van der Waals surface area contributed by atoms with Crippen molar-refractivity contribution in [3.05, 3.63) is 59.2 Å². The van der Waals surface area contributed by atoms with E-state index in [1.165, 1.54) is 14.2 Å². The number of methoxy groups -OCH3 is 2. The number of hydrogen-bond donors (Lipinski definition) is 1. The first-order chi connectivity index (χ1) is 10.2. The molecule has 108 valence electrons. The third-order valence-corrected chi connectivity index (χ3v) is 3.03. The van der Waals surface area contributed by atoms with Crippen molar-refractivity contribution >= 4 is 18.1 Å². The van der Waals surface area contributed by atoms with Crippen molar-refractivity contribution in [2.75, 3.05) is 14.2 Å². The van der Waals surface area contributed by atoms with Gasteiger partial charge in [0.1, 0.15) is 17.1 Å². The van der Waals surface area contributed by atoms with Crippen LogP contribution in [0.3, 0.4) is 0 Å². The Labute approximate surface area is 123 Å². The summed E-state index contributed by atoms with van der Waals surface area (Å²) in [7, 11) is 2.96. The molecule has 1 N–H and O–H groups in total. The zero-order valence-electron chi connectivity index (χ0n) is 11.9. The highest BCUT2D eigenvalue weighted by Crippen LogP contribution is 2.30. The maximum atomic E-state index is 11.5. The van der Waals surface area contributed by atoms with Gasteiger partial charge in [0.15, 0.2) is 0 Å². The minimum absolute atomic E-state index is 0.116. The summed E-state index contributed by atoms with van der Waals surface area (Å²) < 4.78 is 10.3. The van der Waals surface area contributed by atoms with Crippen LogP contribution in [0.15, 0.2) is 42.5 Å². The molecule has 0 amide bonds. The first-order valence-electron chi connectivity index (χ1n) is 6.38. The van der Waals surface area contributed by atoms with Gasteiger partial charge in [0.05, 0.1) is 14.2 Å². The van der Waals surface area contributed by atoms with Gasteiger partial charge in [-0.05, 0) is 17.2 Å². The summed E-state index contributed by atoms with van der Waals surface area (Å²) >= 11 is 0. The molecule has 2 aromatic carbocycles. The van der Waals surface area contributed by atoms with Crippen molar-refractivity contribution in [2.24, 2.45) is 0 Å². The van der Waals surface area contributed by atoms with Gasteiger partial charge in [-0.3, -0.25) is 0 Å². The van der Waals surface area contributed by atoms with Crippen molar-refractivity contribution in [1.82, 2.24) is 0 Å². The summed E-state index contributed by atoms with van der Waals surface area (Å²) in [6.45, 7) is 0. The number of ether oxygens (including phenoxy) is 2. The van der Waals surface area contributed by atoms with Crippen molar-refractivity contribution < 1.29 is 19.4 Å². The standard InChI is InChI=1S/C17H16O4/c1-20-14-10-13(9-8-12-6-4-3-5-7-12)16(17(18)19)15(11-14)21-2/h3-11H,1-2H3,(H,18,19). The SMILES string of the molecule is COc1cc(C=Cc2ccccc2)c(C(=O)O)c(OC)c1. The van der Waals surface area contributed by atoms with E-state index in [0.717, 1.165) is 5.56 Å². The minimum Gasteiger partial charge on any atom is -0.497 e. The van der Waals surface area contributed by atoms with E-state index in [0.29, 0.717) is 11.3 Å². The van der Waals surface area contributed by atoms with Gasteiger partial charge in [0, 0.05) is 6.07 Å². The molecule has 21 heavy (non-hydrogen) atoms. The average Bonchev–Trinajstić information content (AvgIpc) is 2.52. The summed E-state index contributed by atoms with van der Waals surface area (Å²) in [6, 6.07) is 12.9. The molecule has 0 atom stereocenters. The quantitative estimate of drug-likeness (QED) is 0.853. The Bertz CT molecular complexity index is 660. The fraction of sp³-hybridized carbons (Fsp3) is 0.118. The normalized spacial score (nSPS) is 10.6. The second kappa shape index (κ2) is 6.61. The molecule has 0 aromatic heterocycles. The van der Waals surface area contributed by atoms with E-state index in [9.17, 15) is 9.90 Å². The number of hydrogen-bond acceptors (Lipinski definition) is 3. The van der Waals surface area contributed by atoms with Gasteiger partial charge in [-0.25, -0.2) is 4.79 Å². The average molecular weight is 284 g/mol. The molecule has 0 unspecified atom stereocenters. The van der Waals surface area contributed by atoms with Crippen LogP contribution in [0.4, 0.5) is 0 Å². The summed E-state index contributed by atoms with van der Waals surface area (Å²) in [5.74, 6) is -0.221. The third kappa shape index (κ3) is 3.42. The number of benzene rings is 2. The Kier molecular flexibility index (Phi) is 4.61. The van der Waals surface area contributed by atoms with E-state index in [4.69, 9.17) is 9.47 Å². The second-order valence-corrected chi connectivity index (χ2v) is 4.34. The molecule has 0 aliphatic carbocycles. The zero-order valence-corrected chi connectivity index (χ0v) is 11.9. The van der Waals surface area contributed by atoms with Crippen molar-refractivity contribution in [3.8, 4) is 11.5 Å². The Hall–Kier alpha value is -2.75. The minimum atomic E-state index is -1.04. The van der Waals surface area contributed by atoms with Crippen LogP contribution >= 0.6 is 0 Å². The highest BCUT2D eigenvalue weighted by Gasteiger charge is 2.17. The van der Waals surface area contributed by atoms with Gasteiger partial charge in [-0.2, -0.15) is 0 Å². The van der Waals surface area contributed by atoms with Crippen LogP contribution < -0.4 is 9.47 Å². The summed E-state index contributed by atoms with van der Waals surface area (Å²) in [5.41, 5.74) is 1.63. The monoisotopic (exact) mass is 284 g/mol. The molecule has 0 aliphatic heterocycles. The number of carboxylic acids is 1. The molecule has 0 fully saturated rings. The Morgan fingerprint density at radius 2 is 1.76 bits per heavy atom. The molecule has 0 saturated carbocycles. The van der Waals surface area contributed by atoms with E-state index in [1.807, 2.05) is 36.4 Å². The number of carbonyl (C=O) groups is 1. The third-order valence-electron chi connectivity index (χ3n) is 3.03. The van der Waals surface area contributed by atoms with Crippen molar-refractivity contribution in [3.63, 3.8) is 0 Å². The van der Waals surface area contributed by atoms with E-state index < -0.39 is 5.97 Å². The molecule has 4 nitrogen and oxygen atoms in total. The first-order valence-corrected chi connectivity index (χ1v) is 6.38. The lowest BCUT2D eigenvalue weighted by Gasteiger charge is -2.11. The van der Waals surface area contributed by atoms with E-state index >= 15 is 0 Å². The zero-order chi connectivity index (χ0) is 15.2. The van der Waals surface area contributed by atoms with Crippen LogP contribution in [0.5, 0.6) is 11.5 Å². The smallest absolute Gasteiger partial charge is 0.340 e. The Balaban J connectivity index is 2.50. The Morgan fingerprint density at radius 3 is 2.33 bits per heavy atom. The van der Waals surface area contributed by atoms with E-state index in [2.05, 4.69) is 0 Å². The van der Waals surface area contributed by atoms with Gasteiger partial charge < -0.3 is 14.6 Å². The van der Waals surface area contributed by atoms with Gasteiger partial charge in [0.2, 0.25) is 0 Å². The maximum Gasteiger partial charge on any atom is 0.340 e. The van der Waals surface area contributed by atoms with Crippen molar-refractivity contribution in [1.29, 1.82) is 0 Å². The Morgan fingerprint density at radius 1 is 1.05 bits per heavy atom.